The van der Waals surface area contributed by atoms with Gasteiger partial charge in [0.05, 0.1) is 22.0 Å². The first kappa shape index (κ1) is 31.2. The van der Waals surface area contributed by atoms with Gasteiger partial charge in [-0.05, 0) is 54.3 Å². The van der Waals surface area contributed by atoms with Crippen LogP contribution in [0.5, 0.6) is 0 Å². The third-order valence-electron chi connectivity index (χ3n) is 7.08. The van der Waals surface area contributed by atoms with Crippen LogP contribution in [0.15, 0.2) is 72.8 Å². The summed E-state index contributed by atoms with van der Waals surface area (Å²) in [5.41, 5.74) is 1.76. The number of amides is 2. The highest BCUT2D eigenvalue weighted by atomic mass is 35.5. The van der Waals surface area contributed by atoms with Gasteiger partial charge in [-0.15, -0.1) is 0 Å². The van der Waals surface area contributed by atoms with Crippen molar-refractivity contribution < 1.29 is 18.0 Å². The number of halogens is 3. The lowest BCUT2D eigenvalue weighted by molar-refractivity contribution is -0.140. The predicted molar refractivity (Wildman–Crippen MR) is 165 cm³/mol. The first-order valence-corrected chi connectivity index (χ1v) is 16.3. The van der Waals surface area contributed by atoms with Crippen molar-refractivity contribution in [3.63, 3.8) is 0 Å². The van der Waals surface area contributed by atoms with Crippen LogP contribution in [-0.2, 0) is 32.6 Å². The average Bonchev–Trinajstić information content (AvgIpc) is 3.44. The van der Waals surface area contributed by atoms with Crippen molar-refractivity contribution in [1.82, 2.24) is 10.2 Å². The zero-order valence-corrected chi connectivity index (χ0v) is 25.7. The Kier molecular flexibility index (Phi) is 10.6. The molecule has 2 amide bonds. The van der Waals surface area contributed by atoms with Gasteiger partial charge in [0.1, 0.15) is 12.6 Å². The molecule has 4 rings (SSSR count). The molecule has 1 N–H and O–H groups in total. The lowest BCUT2D eigenvalue weighted by Gasteiger charge is -2.34. The van der Waals surface area contributed by atoms with Crippen LogP contribution in [0.25, 0.3) is 0 Å². The molecular formula is C30H32Cl3N3O4S. The van der Waals surface area contributed by atoms with E-state index in [4.69, 9.17) is 34.8 Å². The number of nitrogens with one attached hydrogen (secondary N) is 1. The normalized spacial score (nSPS) is 14.4. The minimum absolute atomic E-state index is 0.0124. The summed E-state index contributed by atoms with van der Waals surface area (Å²) in [7, 11) is -3.88. The number of rotatable bonds is 11. The SMILES string of the molecule is CS(=O)(=O)N(CC(=O)N(Cc1ccc(Cl)c(Cl)c1)C(Cc1ccccc1)C(=O)NC1CCCC1)c1cccc(Cl)c1. The second kappa shape index (κ2) is 13.9. The Labute approximate surface area is 256 Å². The first-order chi connectivity index (χ1) is 19.5. The van der Waals surface area contributed by atoms with Crippen LogP contribution in [0.1, 0.15) is 36.8 Å². The number of carbonyl (C=O) groups is 2. The fourth-order valence-corrected chi connectivity index (χ4v) is 6.35. The van der Waals surface area contributed by atoms with E-state index in [1.807, 2.05) is 30.3 Å². The van der Waals surface area contributed by atoms with Gasteiger partial charge in [-0.1, -0.05) is 90.1 Å². The van der Waals surface area contributed by atoms with E-state index in [-0.39, 0.29) is 30.6 Å². The molecule has 218 valence electrons. The van der Waals surface area contributed by atoms with E-state index < -0.39 is 28.5 Å². The summed E-state index contributed by atoms with van der Waals surface area (Å²) in [4.78, 5) is 29.4. The molecule has 1 aliphatic carbocycles. The zero-order valence-electron chi connectivity index (χ0n) is 22.6. The summed E-state index contributed by atoms with van der Waals surface area (Å²) >= 11 is 18.6. The summed E-state index contributed by atoms with van der Waals surface area (Å²) < 4.78 is 26.7. The van der Waals surface area contributed by atoms with Gasteiger partial charge >= 0.3 is 0 Å². The van der Waals surface area contributed by atoms with Gasteiger partial charge in [0.2, 0.25) is 21.8 Å². The van der Waals surface area contributed by atoms with Crippen molar-refractivity contribution in [2.24, 2.45) is 0 Å². The molecule has 1 saturated carbocycles. The standard InChI is InChI=1S/C30H32Cl3N3O4S/c1-41(39,40)36(25-13-7-10-23(31)18-25)20-29(37)35(19-22-14-15-26(32)27(33)16-22)28(17-21-8-3-2-4-9-21)30(38)34-24-11-5-6-12-24/h2-4,7-10,13-16,18,24,28H,5-6,11-12,17,19-20H2,1H3,(H,34,38). The quantitative estimate of drug-likeness (QED) is 0.275. The van der Waals surface area contributed by atoms with Crippen LogP contribution < -0.4 is 9.62 Å². The van der Waals surface area contributed by atoms with Crippen molar-refractivity contribution in [2.75, 3.05) is 17.1 Å². The number of nitrogens with zero attached hydrogens (tertiary/aromatic N) is 2. The molecule has 0 bridgehead atoms. The Morgan fingerprint density at radius 1 is 0.902 bits per heavy atom. The molecule has 0 spiro atoms. The molecule has 0 aromatic heterocycles. The molecule has 0 aliphatic heterocycles. The Morgan fingerprint density at radius 3 is 2.24 bits per heavy atom. The molecule has 41 heavy (non-hydrogen) atoms. The first-order valence-electron chi connectivity index (χ1n) is 13.3. The maximum absolute atomic E-state index is 14.1. The van der Waals surface area contributed by atoms with E-state index in [2.05, 4.69) is 5.32 Å². The maximum Gasteiger partial charge on any atom is 0.244 e. The van der Waals surface area contributed by atoms with Gasteiger partial charge in [0.15, 0.2) is 0 Å². The van der Waals surface area contributed by atoms with E-state index in [9.17, 15) is 18.0 Å². The van der Waals surface area contributed by atoms with Crippen LogP contribution in [0.3, 0.4) is 0 Å². The van der Waals surface area contributed by atoms with Crippen LogP contribution in [0, 0.1) is 0 Å². The number of sulfonamides is 1. The Hall–Kier alpha value is -2.78. The Balaban J connectivity index is 1.74. The van der Waals surface area contributed by atoms with Gasteiger partial charge in [-0.3, -0.25) is 13.9 Å². The van der Waals surface area contributed by atoms with Crippen molar-refractivity contribution in [3.05, 3.63) is 99.0 Å². The summed E-state index contributed by atoms with van der Waals surface area (Å²) in [5.74, 6) is -0.841. The molecule has 0 saturated heterocycles. The molecule has 1 fully saturated rings. The summed E-state index contributed by atoms with van der Waals surface area (Å²) in [6, 6.07) is 19.8. The van der Waals surface area contributed by atoms with E-state index >= 15 is 0 Å². The molecule has 11 heteroatoms. The third-order valence-corrected chi connectivity index (χ3v) is 9.20. The molecule has 7 nitrogen and oxygen atoms in total. The van der Waals surface area contributed by atoms with Crippen molar-refractivity contribution in [2.45, 2.75) is 50.7 Å². The monoisotopic (exact) mass is 635 g/mol. The fraction of sp³-hybridized carbons (Fsp3) is 0.333. The third kappa shape index (κ3) is 8.61. The van der Waals surface area contributed by atoms with Crippen LogP contribution in [0.4, 0.5) is 5.69 Å². The number of carbonyl (C=O) groups excluding carboxylic acids is 2. The van der Waals surface area contributed by atoms with E-state index in [0.29, 0.717) is 20.6 Å². The van der Waals surface area contributed by atoms with Gasteiger partial charge < -0.3 is 10.2 Å². The molecule has 0 heterocycles. The van der Waals surface area contributed by atoms with Crippen LogP contribution in [-0.4, -0.2) is 50.0 Å². The second-order valence-electron chi connectivity index (χ2n) is 10.2. The minimum atomic E-state index is -3.88. The number of benzene rings is 3. The molecule has 3 aromatic carbocycles. The molecule has 0 radical (unpaired) electrons. The summed E-state index contributed by atoms with van der Waals surface area (Å²) in [5, 5.41) is 4.13. The topological polar surface area (TPSA) is 86.8 Å². The Morgan fingerprint density at radius 2 is 1.61 bits per heavy atom. The smallest absolute Gasteiger partial charge is 0.244 e. The van der Waals surface area contributed by atoms with E-state index in [1.54, 1.807) is 36.4 Å². The van der Waals surface area contributed by atoms with Crippen molar-refractivity contribution >= 4 is 62.3 Å². The molecule has 1 aliphatic rings. The second-order valence-corrected chi connectivity index (χ2v) is 13.4. The van der Waals surface area contributed by atoms with E-state index in [0.717, 1.165) is 41.8 Å². The molecule has 1 unspecified atom stereocenters. The summed E-state index contributed by atoms with van der Waals surface area (Å²) in [6.45, 7) is -0.513. The van der Waals surface area contributed by atoms with Crippen molar-refractivity contribution in [1.29, 1.82) is 0 Å². The fourth-order valence-electron chi connectivity index (χ4n) is 5.00. The van der Waals surface area contributed by atoms with Crippen LogP contribution in [0.2, 0.25) is 15.1 Å². The highest BCUT2D eigenvalue weighted by molar-refractivity contribution is 7.92. The number of anilines is 1. The highest BCUT2D eigenvalue weighted by Gasteiger charge is 2.34. The summed E-state index contributed by atoms with van der Waals surface area (Å²) in [6.07, 6.45) is 5.08. The van der Waals surface area contributed by atoms with E-state index in [1.165, 1.54) is 11.0 Å². The lowest BCUT2D eigenvalue weighted by Crippen LogP contribution is -2.54. The van der Waals surface area contributed by atoms with Gasteiger partial charge in [-0.25, -0.2) is 8.42 Å². The van der Waals surface area contributed by atoms with Crippen LogP contribution >= 0.6 is 34.8 Å². The van der Waals surface area contributed by atoms with Crippen molar-refractivity contribution in [3.8, 4) is 0 Å². The lowest BCUT2D eigenvalue weighted by atomic mass is 10.0. The predicted octanol–water partition coefficient (Wildman–Crippen LogP) is 6.11. The van der Waals surface area contributed by atoms with Gasteiger partial charge in [0.25, 0.3) is 0 Å². The minimum Gasteiger partial charge on any atom is -0.352 e. The molecule has 1 atom stereocenters. The average molecular weight is 637 g/mol. The molecule has 3 aromatic rings. The Bertz CT molecular complexity index is 1480. The maximum atomic E-state index is 14.1. The van der Waals surface area contributed by atoms with Gasteiger partial charge in [0, 0.05) is 24.0 Å². The molecular weight excluding hydrogens is 605 g/mol. The highest BCUT2D eigenvalue weighted by Crippen LogP contribution is 2.26. The zero-order chi connectivity index (χ0) is 29.6. The largest absolute Gasteiger partial charge is 0.352 e. The number of hydrogen-bond donors (Lipinski definition) is 1. The number of hydrogen-bond acceptors (Lipinski definition) is 4. The van der Waals surface area contributed by atoms with Gasteiger partial charge in [-0.2, -0.15) is 0 Å².